The lowest BCUT2D eigenvalue weighted by Gasteiger charge is -2.17. The number of hydrogen-bond donors (Lipinski definition) is 3. The average Bonchev–Trinajstić information content (AvgIpc) is 3.22. The number of pyridine rings is 1. The third-order valence-electron chi connectivity index (χ3n) is 5.48. The molecular formula is C24H26Cl2N4O2. The first kappa shape index (κ1) is 25.3. The van der Waals surface area contributed by atoms with E-state index in [1.807, 2.05) is 30.3 Å². The first-order valence-electron chi connectivity index (χ1n) is 10.0. The summed E-state index contributed by atoms with van der Waals surface area (Å²) in [4.78, 5) is 28.9. The van der Waals surface area contributed by atoms with Crippen molar-refractivity contribution in [2.45, 2.75) is 24.8 Å². The fourth-order valence-corrected chi connectivity index (χ4v) is 3.80. The Morgan fingerprint density at radius 3 is 2.41 bits per heavy atom. The van der Waals surface area contributed by atoms with Gasteiger partial charge in [-0.15, -0.1) is 24.8 Å². The van der Waals surface area contributed by atoms with Crippen LogP contribution in [0, 0.1) is 0 Å². The number of carbonyl (C=O) groups is 2. The molecule has 0 unspecified atom stereocenters. The molecule has 2 atom stereocenters. The molecule has 1 aliphatic carbocycles. The molecule has 3 aromatic rings. The number of aromatic nitrogens is 1. The third kappa shape index (κ3) is 5.85. The van der Waals surface area contributed by atoms with Crippen LogP contribution < -0.4 is 16.4 Å². The van der Waals surface area contributed by atoms with Crippen molar-refractivity contribution >= 4 is 42.3 Å². The quantitative estimate of drug-likeness (QED) is 0.504. The van der Waals surface area contributed by atoms with Crippen LogP contribution in [0.15, 0.2) is 73.1 Å². The van der Waals surface area contributed by atoms with Crippen LogP contribution in [0.1, 0.15) is 45.4 Å². The van der Waals surface area contributed by atoms with Crippen molar-refractivity contribution in [2.24, 2.45) is 5.73 Å². The average molecular weight is 473 g/mol. The van der Waals surface area contributed by atoms with Crippen molar-refractivity contribution in [2.75, 3.05) is 11.9 Å². The summed E-state index contributed by atoms with van der Waals surface area (Å²) in [6.45, 7) is 0.347. The minimum atomic E-state index is -0.345. The van der Waals surface area contributed by atoms with Crippen molar-refractivity contribution in [3.63, 3.8) is 0 Å². The highest BCUT2D eigenvalue weighted by molar-refractivity contribution is 6.04. The van der Waals surface area contributed by atoms with E-state index in [2.05, 4.69) is 21.7 Å². The first-order chi connectivity index (χ1) is 14.6. The van der Waals surface area contributed by atoms with Crippen molar-refractivity contribution in [3.8, 4) is 0 Å². The SMILES string of the molecule is Cl.Cl.N[C@@H](CNC(=O)[C@H]1CCc2ccccc21)c1ccc(C(=O)Nc2ccncc2)cc1. The topological polar surface area (TPSA) is 97.1 Å². The van der Waals surface area contributed by atoms with Gasteiger partial charge in [0.1, 0.15) is 0 Å². The number of nitrogens with one attached hydrogen (secondary N) is 2. The molecule has 168 valence electrons. The number of aryl methyl sites for hydroxylation is 1. The van der Waals surface area contributed by atoms with Crippen LogP contribution in [0.25, 0.3) is 0 Å². The zero-order valence-electron chi connectivity index (χ0n) is 17.4. The Kier molecular flexibility index (Phi) is 9.20. The van der Waals surface area contributed by atoms with E-state index in [-0.39, 0.29) is 48.6 Å². The van der Waals surface area contributed by atoms with Gasteiger partial charge in [-0.3, -0.25) is 14.6 Å². The Morgan fingerprint density at radius 2 is 1.69 bits per heavy atom. The van der Waals surface area contributed by atoms with E-state index < -0.39 is 0 Å². The van der Waals surface area contributed by atoms with Crippen LogP contribution in [-0.4, -0.2) is 23.3 Å². The van der Waals surface area contributed by atoms with Gasteiger partial charge in [0.15, 0.2) is 0 Å². The molecule has 4 rings (SSSR count). The Bertz CT molecular complexity index is 1050. The second-order valence-electron chi connectivity index (χ2n) is 7.45. The first-order valence-corrected chi connectivity index (χ1v) is 10.0. The van der Waals surface area contributed by atoms with Crippen LogP contribution in [0.5, 0.6) is 0 Å². The molecule has 1 heterocycles. The summed E-state index contributed by atoms with van der Waals surface area (Å²) in [6, 6.07) is 18.3. The largest absolute Gasteiger partial charge is 0.354 e. The van der Waals surface area contributed by atoms with Crippen LogP contribution in [0.4, 0.5) is 5.69 Å². The zero-order valence-corrected chi connectivity index (χ0v) is 19.0. The zero-order chi connectivity index (χ0) is 20.9. The molecule has 0 spiro atoms. The number of anilines is 1. The number of halogens is 2. The van der Waals surface area contributed by atoms with E-state index in [0.717, 1.165) is 24.0 Å². The van der Waals surface area contributed by atoms with Gasteiger partial charge in [-0.05, 0) is 53.8 Å². The highest BCUT2D eigenvalue weighted by Crippen LogP contribution is 2.32. The number of rotatable bonds is 6. The normalized spacial score (nSPS) is 14.8. The summed E-state index contributed by atoms with van der Waals surface area (Å²) >= 11 is 0. The Balaban J connectivity index is 0.00000181. The Morgan fingerprint density at radius 1 is 1.00 bits per heavy atom. The van der Waals surface area contributed by atoms with Crippen LogP contribution >= 0.6 is 24.8 Å². The third-order valence-corrected chi connectivity index (χ3v) is 5.48. The van der Waals surface area contributed by atoms with Gasteiger partial charge in [-0.25, -0.2) is 0 Å². The van der Waals surface area contributed by atoms with Crippen molar-refractivity contribution < 1.29 is 9.59 Å². The molecule has 1 aliphatic rings. The van der Waals surface area contributed by atoms with Crippen LogP contribution in [0.2, 0.25) is 0 Å². The van der Waals surface area contributed by atoms with Crippen LogP contribution in [-0.2, 0) is 11.2 Å². The fraction of sp³-hybridized carbons (Fsp3) is 0.208. The van der Waals surface area contributed by atoms with Crippen molar-refractivity contribution in [3.05, 3.63) is 95.3 Å². The van der Waals surface area contributed by atoms with E-state index in [4.69, 9.17) is 5.73 Å². The summed E-state index contributed by atoms with van der Waals surface area (Å²) in [5.41, 5.74) is 10.7. The number of nitrogens with two attached hydrogens (primary N) is 1. The maximum absolute atomic E-state index is 12.6. The summed E-state index contributed by atoms with van der Waals surface area (Å²) in [5.74, 6) is -0.286. The molecule has 0 saturated carbocycles. The summed E-state index contributed by atoms with van der Waals surface area (Å²) < 4.78 is 0. The molecular weight excluding hydrogens is 447 g/mol. The van der Waals surface area contributed by atoms with Crippen molar-refractivity contribution in [1.82, 2.24) is 10.3 Å². The molecule has 2 aromatic carbocycles. The van der Waals surface area contributed by atoms with E-state index in [9.17, 15) is 9.59 Å². The van der Waals surface area contributed by atoms with Crippen molar-refractivity contribution in [1.29, 1.82) is 0 Å². The van der Waals surface area contributed by atoms with Gasteiger partial charge in [0.2, 0.25) is 5.91 Å². The monoisotopic (exact) mass is 472 g/mol. The lowest BCUT2D eigenvalue weighted by Crippen LogP contribution is -2.34. The lowest BCUT2D eigenvalue weighted by molar-refractivity contribution is -0.122. The molecule has 0 bridgehead atoms. The minimum Gasteiger partial charge on any atom is -0.354 e. The Hall–Kier alpha value is -2.93. The van der Waals surface area contributed by atoms with E-state index in [1.165, 1.54) is 5.56 Å². The lowest BCUT2D eigenvalue weighted by atomic mass is 10.00. The number of amides is 2. The van der Waals surface area contributed by atoms with E-state index >= 15 is 0 Å². The molecule has 4 N–H and O–H groups in total. The van der Waals surface area contributed by atoms with E-state index in [0.29, 0.717) is 17.8 Å². The highest BCUT2D eigenvalue weighted by Gasteiger charge is 2.28. The highest BCUT2D eigenvalue weighted by atomic mass is 35.5. The van der Waals surface area contributed by atoms with Gasteiger partial charge in [0, 0.05) is 36.2 Å². The number of hydrogen-bond acceptors (Lipinski definition) is 4. The maximum Gasteiger partial charge on any atom is 0.255 e. The van der Waals surface area contributed by atoms with Gasteiger partial charge < -0.3 is 16.4 Å². The minimum absolute atomic E-state index is 0. The molecule has 1 aromatic heterocycles. The molecule has 6 nitrogen and oxygen atoms in total. The number of nitrogens with zero attached hydrogens (tertiary/aromatic N) is 1. The molecule has 0 saturated heterocycles. The maximum atomic E-state index is 12.6. The van der Waals surface area contributed by atoms with Gasteiger partial charge in [0.25, 0.3) is 5.91 Å². The molecule has 8 heteroatoms. The molecule has 0 fully saturated rings. The predicted octanol–water partition coefficient (Wildman–Crippen LogP) is 4.02. The van der Waals surface area contributed by atoms with Gasteiger partial charge in [0.05, 0.1) is 5.92 Å². The number of carbonyl (C=O) groups excluding carboxylic acids is 2. The number of fused-ring (bicyclic) bond motifs is 1. The number of benzene rings is 2. The summed E-state index contributed by atoms with van der Waals surface area (Å²) in [6.07, 6.45) is 5.01. The van der Waals surface area contributed by atoms with Gasteiger partial charge in [-0.1, -0.05) is 36.4 Å². The second-order valence-corrected chi connectivity index (χ2v) is 7.45. The summed E-state index contributed by atoms with van der Waals surface area (Å²) in [5, 5.41) is 5.80. The van der Waals surface area contributed by atoms with E-state index in [1.54, 1.807) is 36.7 Å². The van der Waals surface area contributed by atoms with Gasteiger partial charge >= 0.3 is 0 Å². The van der Waals surface area contributed by atoms with Gasteiger partial charge in [-0.2, -0.15) is 0 Å². The standard InChI is InChI=1S/C24H24N4O2.2ClH/c25-22(15-27-24(30)21-10-9-16-3-1-2-4-20(16)21)17-5-7-18(8-6-17)23(29)28-19-11-13-26-14-12-19;;/h1-8,11-14,21-22H,9-10,15,25H2,(H,27,30)(H,26,28,29);2*1H/t21-,22-;;/m0../s1. The summed E-state index contributed by atoms with van der Waals surface area (Å²) in [7, 11) is 0. The Labute approximate surface area is 199 Å². The fourth-order valence-electron chi connectivity index (χ4n) is 3.80. The molecule has 2 amide bonds. The van der Waals surface area contributed by atoms with Crippen LogP contribution in [0.3, 0.4) is 0 Å². The predicted molar refractivity (Wildman–Crippen MR) is 131 cm³/mol. The molecule has 0 aliphatic heterocycles. The molecule has 32 heavy (non-hydrogen) atoms. The second kappa shape index (κ2) is 11.6. The molecule has 0 radical (unpaired) electrons. The smallest absolute Gasteiger partial charge is 0.255 e.